The van der Waals surface area contributed by atoms with E-state index in [4.69, 9.17) is 9.47 Å². The van der Waals surface area contributed by atoms with Crippen molar-refractivity contribution in [3.63, 3.8) is 0 Å². The lowest BCUT2D eigenvalue weighted by molar-refractivity contribution is -0.153. The fraction of sp³-hybridized carbons (Fsp3) is 0.467. The van der Waals surface area contributed by atoms with Gasteiger partial charge in [0.15, 0.2) is 5.78 Å². The average molecular weight is 341 g/mol. The van der Waals surface area contributed by atoms with Gasteiger partial charge in [-0.15, -0.1) is 0 Å². The molecule has 2 unspecified atom stereocenters. The third-order valence-electron chi connectivity index (χ3n) is 3.21. The molecule has 0 bridgehead atoms. The second-order valence-electron chi connectivity index (χ2n) is 4.96. The fourth-order valence-electron chi connectivity index (χ4n) is 2.03. The minimum atomic E-state index is -0.443. The summed E-state index contributed by atoms with van der Waals surface area (Å²) in [6.07, 6.45) is 0.729. The molecule has 0 aliphatic carbocycles. The van der Waals surface area contributed by atoms with Gasteiger partial charge in [0.25, 0.3) is 0 Å². The number of hydrogen-bond acceptors (Lipinski definition) is 4. The van der Waals surface area contributed by atoms with Gasteiger partial charge >= 0.3 is 5.97 Å². The van der Waals surface area contributed by atoms with Crippen molar-refractivity contribution >= 4 is 27.7 Å². The van der Waals surface area contributed by atoms with Gasteiger partial charge < -0.3 is 9.47 Å². The number of carbonyl (C=O) groups is 2. The fourth-order valence-corrected chi connectivity index (χ4v) is 2.43. The Morgan fingerprint density at radius 3 is 2.95 bits per heavy atom. The standard InChI is InChI=1S/C15H17BrO4/c1-10(15(18)20-13-5-6-19-9-13)7-14(17)11-3-2-4-12(16)8-11/h2-4,8,10,13H,5-7,9H2,1H3. The Morgan fingerprint density at radius 2 is 2.30 bits per heavy atom. The van der Waals surface area contributed by atoms with Crippen molar-refractivity contribution < 1.29 is 19.1 Å². The number of Topliss-reactive ketones (excluding diaryl/α,β-unsaturated/α-hetero) is 1. The van der Waals surface area contributed by atoms with Gasteiger partial charge in [-0.1, -0.05) is 35.0 Å². The molecule has 1 aliphatic rings. The van der Waals surface area contributed by atoms with E-state index in [2.05, 4.69) is 15.9 Å². The van der Waals surface area contributed by atoms with Gasteiger partial charge in [0.05, 0.1) is 19.1 Å². The van der Waals surface area contributed by atoms with Crippen LogP contribution in [0.5, 0.6) is 0 Å². The van der Waals surface area contributed by atoms with Crippen molar-refractivity contribution in [1.82, 2.24) is 0 Å². The lowest BCUT2D eigenvalue weighted by Crippen LogP contribution is -2.24. The highest BCUT2D eigenvalue weighted by atomic mass is 79.9. The van der Waals surface area contributed by atoms with E-state index < -0.39 is 5.92 Å². The van der Waals surface area contributed by atoms with Crippen LogP contribution in [-0.4, -0.2) is 31.1 Å². The molecule has 20 heavy (non-hydrogen) atoms. The highest BCUT2D eigenvalue weighted by Gasteiger charge is 2.25. The maximum atomic E-state index is 12.1. The first-order valence-electron chi connectivity index (χ1n) is 6.63. The Hall–Kier alpha value is -1.20. The summed E-state index contributed by atoms with van der Waals surface area (Å²) in [7, 11) is 0. The number of ketones is 1. The summed E-state index contributed by atoms with van der Waals surface area (Å²) in [4.78, 5) is 24.0. The molecule has 5 heteroatoms. The second kappa shape index (κ2) is 6.99. The van der Waals surface area contributed by atoms with E-state index in [0.717, 1.165) is 10.9 Å². The van der Waals surface area contributed by atoms with E-state index in [0.29, 0.717) is 18.8 Å². The number of rotatable bonds is 5. The largest absolute Gasteiger partial charge is 0.460 e. The summed E-state index contributed by atoms with van der Waals surface area (Å²) in [5, 5.41) is 0. The van der Waals surface area contributed by atoms with Gasteiger partial charge in [-0.3, -0.25) is 9.59 Å². The molecule has 4 nitrogen and oxygen atoms in total. The summed E-state index contributed by atoms with van der Waals surface area (Å²) in [5.74, 6) is -0.829. The molecule has 2 atom stereocenters. The Morgan fingerprint density at radius 1 is 1.50 bits per heavy atom. The highest BCUT2D eigenvalue weighted by Crippen LogP contribution is 2.17. The van der Waals surface area contributed by atoms with Gasteiger partial charge in [0, 0.05) is 22.9 Å². The Labute approximate surface area is 126 Å². The Kier molecular flexibility index (Phi) is 5.31. The normalized spacial score (nSPS) is 19.6. The number of carbonyl (C=O) groups excluding carboxylic acids is 2. The van der Waals surface area contributed by atoms with Crippen molar-refractivity contribution in [3.05, 3.63) is 34.3 Å². The van der Waals surface area contributed by atoms with Crippen LogP contribution in [0.25, 0.3) is 0 Å². The molecule has 1 aromatic carbocycles. The first-order chi connectivity index (χ1) is 9.56. The van der Waals surface area contributed by atoms with Crippen molar-refractivity contribution in [2.45, 2.75) is 25.9 Å². The number of esters is 1. The van der Waals surface area contributed by atoms with E-state index in [-0.39, 0.29) is 24.3 Å². The Balaban J connectivity index is 1.88. The molecule has 1 heterocycles. The summed E-state index contributed by atoms with van der Waals surface area (Å²) < 4.78 is 11.3. The van der Waals surface area contributed by atoms with Crippen molar-refractivity contribution in [1.29, 1.82) is 0 Å². The van der Waals surface area contributed by atoms with Gasteiger partial charge in [-0.25, -0.2) is 0 Å². The quantitative estimate of drug-likeness (QED) is 0.610. The van der Waals surface area contributed by atoms with Gasteiger partial charge in [-0.2, -0.15) is 0 Å². The summed E-state index contributed by atoms with van der Waals surface area (Å²) in [6.45, 7) is 2.80. The molecule has 0 spiro atoms. The van der Waals surface area contributed by atoms with Crippen LogP contribution < -0.4 is 0 Å². The minimum absolute atomic E-state index is 0.0570. The van der Waals surface area contributed by atoms with Crippen LogP contribution in [0.3, 0.4) is 0 Å². The predicted molar refractivity (Wildman–Crippen MR) is 77.6 cm³/mol. The zero-order valence-electron chi connectivity index (χ0n) is 11.3. The van der Waals surface area contributed by atoms with Crippen molar-refractivity contribution in [2.24, 2.45) is 5.92 Å². The van der Waals surface area contributed by atoms with Crippen LogP contribution in [0.2, 0.25) is 0 Å². The van der Waals surface area contributed by atoms with Crippen LogP contribution in [0.1, 0.15) is 30.1 Å². The number of halogens is 1. The zero-order chi connectivity index (χ0) is 14.5. The zero-order valence-corrected chi connectivity index (χ0v) is 12.9. The molecule has 0 aromatic heterocycles. The Bertz CT molecular complexity index is 494. The van der Waals surface area contributed by atoms with Crippen LogP contribution in [0.4, 0.5) is 0 Å². The third kappa shape index (κ3) is 4.15. The summed E-state index contributed by atoms with van der Waals surface area (Å²) in [5.41, 5.74) is 0.600. The van der Waals surface area contributed by atoms with Crippen molar-refractivity contribution in [3.8, 4) is 0 Å². The molecule has 1 fully saturated rings. The molecule has 1 aliphatic heterocycles. The van der Waals surface area contributed by atoms with E-state index in [1.807, 2.05) is 6.07 Å². The third-order valence-corrected chi connectivity index (χ3v) is 3.70. The SMILES string of the molecule is CC(CC(=O)c1cccc(Br)c1)C(=O)OC1CCOC1. The minimum Gasteiger partial charge on any atom is -0.460 e. The number of benzene rings is 1. The molecular weight excluding hydrogens is 324 g/mol. The molecule has 0 N–H and O–H groups in total. The van der Waals surface area contributed by atoms with Crippen LogP contribution >= 0.6 is 15.9 Å². The number of ether oxygens (including phenoxy) is 2. The van der Waals surface area contributed by atoms with Gasteiger partial charge in [0.2, 0.25) is 0 Å². The average Bonchev–Trinajstić information content (AvgIpc) is 2.91. The van der Waals surface area contributed by atoms with E-state index in [1.165, 1.54) is 0 Å². The molecule has 108 valence electrons. The van der Waals surface area contributed by atoms with Crippen LogP contribution in [0.15, 0.2) is 28.7 Å². The van der Waals surface area contributed by atoms with Crippen LogP contribution in [-0.2, 0) is 14.3 Å². The lowest BCUT2D eigenvalue weighted by Gasteiger charge is -2.14. The molecule has 0 saturated carbocycles. The lowest BCUT2D eigenvalue weighted by atomic mass is 10.00. The molecule has 1 saturated heterocycles. The molecule has 1 aromatic rings. The first kappa shape index (κ1) is 15.2. The van der Waals surface area contributed by atoms with E-state index >= 15 is 0 Å². The molecular formula is C15H17BrO4. The maximum absolute atomic E-state index is 12.1. The van der Waals surface area contributed by atoms with E-state index in [9.17, 15) is 9.59 Å². The van der Waals surface area contributed by atoms with Crippen molar-refractivity contribution in [2.75, 3.05) is 13.2 Å². The smallest absolute Gasteiger partial charge is 0.309 e. The highest BCUT2D eigenvalue weighted by molar-refractivity contribution is 9.10. The van der Waals surface area contributed by atoms with Crippen LogP contribution in [0, 0.1) is 5.92 Å². The second-order valence-corrected chi connectivity index (χ2v) is 5.88. The maximum Gasteiger partial charge on any atom is 0.309 e. The molecule has 0 radical (unpaired) electrons. The first-order valence-corrected chi connectivity index (χ1v) is 7.42. The summed E-state index contributed by atoms with van der Waals surface area (Å²) >= 11 is 3.33. The van der Waals surface area contributed by atoms with Gasteiger partial charge in [0.1, 0.15) is 6.10 Å². The molecule has 0 amide bonds. The number of hydrogen-bond donors (Lipinski definition) is 0. The summed E-state index contributed by atoms with van der Waals surface area (Å²) in [6, 6.07) is 7.16. The van der Waals surface area contributed by atoms with Gasteiger partial charge in [-0.05, 0) is 12.1 Å². The predicted octanol–water partition coefficient (Wildman–Crippen LogP) is 2.99. The topological polar surface area (TPSA) is 52.6 Å². The monoisotopic (exact) mass is 340 g/mol. The molecule has 2 rings (SSSR count). The van der Waals surface area contributed by atoms with E-state index in [1.54, 1.807) is 25.1 Å².